The number of fused-ring (bicyclic) bond motifs is 2. The molecule has 0 saturated carbocycles. The van der Waals surface area contributed by atoms with Gasteiger partial charge in [-0.1, -0.05) is 54.1 Å². The number of aromatic nitrogens is 1. The van der Waals surface area contributed by atoms with Gasteiger partial charge in [-0.3, -0.25) is 9.59 Å². The summed E-state index contributed by atoms with van der Waals surface area (Å²) in [6, 6.07) is 17.2. The van der Waals surface area contributed by atoms with E-state index in [0.717, 1.165) is 23.1 Å². The molecule has 38 heavy (non-hydrogen) atoms. The summed E-state index contributed by atoms with van der Waals surface area (Å²) in [5.74, 6) is -2.42. The van der Waals surface area contributed by atoms with E-state index in [4.69, 9.17) is 11.6 Å². The fraction of sp³-hybridized carbons (Fsp3) is 0.179. The number of benzene rings is 3. The standard InChI is InChI=1S/C28H20ClF4N3O2/c29-21-10-8-18-15-36(27(38)23-11-9-16-4-1-2-7-22(16)34-23)13-12-19(18)26(21)35-24(37)14-17-5-3-6-20(25(17)30)28(31,32)33/h1-11H,12-15H2,(H,35,37). The number of pyridine rings is 1. The topological polar surface area (TPSA) is 62.3 Å². The zero-order chi connectivity index (χ0) is 27.0. The fourth-order valence-electron chi connectivity index (χ4n) is 4.58. The van der Waals surface area contributed by atoms with Gasteiger partial charge in [0, 0.05) is 18.5 Å². The van der Waals surface area contributed by atoms with E-state index in [0.29, 0.717) is 41.5 Å². The molecule has 2 amide bonds. The van der Waals surface area contributed by atoms with Gasteiger partial charge in [-0.25, -0.2) is 9.37 Å². The van der Waals surface area contributed by atoms with E-state index >= 15 is 0 Å². The summed E-state index contributed by atoms with van der Waals surface area (Å²) in [5.41, 5.74) is 1.00. The Kier molecular flexibility index (Phi) is 6.79. The van der Waals surface area contributed by atoms with Crippen LogP contribution in [0.15, 0.2) is 66.7 Å². The predicted molar refractivity (Wildman–Crippen MR) is 135 cm³/mol. The first-order valence-electron chi connectivity index (χ1n) is 11.7. The van der Waals surface area contributed by atoms with Gasteiger partial charge in [0.25, 0.3) is 5.91 Å². The van der Waals surface area contributed by atoms with E-state index in [2.05, 4.69) is 10.3 Å². The highest BCUT2D eigenvalue weighted by Gasteiger charge is 2.35. The number of alkyl halides is 3. The molecule has 5 nitrogen and oxygen atoms in total. The average Bonchev–Trinajstić information content (AvgIpc) is 2.90. The molecular weight excluding hydrogens is 522 g/mol. The molecule has 2 heterocycles. The van der Waals surface area contributed by atoms with Crippen molar-refractivity contribution in [3.8, 4) is 0 Å². The Labute approximate surface area is 220 Å². The molecule has 0 saturated heterocycles. The van der Waals surface area contributed by atoms with Gasteiger partial charge in [-0.05, 0) is 47.4 Å². The van der Waals surface area contributed by atoms with Gasteiger partial charge in [-0.2, -0.15) is 13.2 Å². The summed E-state index contributed by atoms with van der Waals surface area (Å²) in [6.45, 7) is 0.594. The van der Waals surface area contributed by atoms with Crippen LogP contribution < -0.4 is 5.32 Å². The first-order chi connectivity index (χ1) is 18.1. The maximum atomic E-state index is 14.4. The van der Waals surface area contributed by atoms with Crippen LogP contribution in [0.1, 0.15) is 32.7 Å². The molecule has 0 unspecified atom stereocenters. The molecule has 0 spiro atoms. The van der Waals surface area contributed by atoms with Crippen LogP contribution in [0.25, 0.3) is 10.9 Å². The van der Waals surface area contributed by atoms with Crippen molar-refractivity contribution < 1.29 is 27.2 Å². The predicted octanol–water partition coefficient (Wildman–Crippen LogP) is 6.43. The highest BCUT2D eigenvalue weighted by atomic mass is 35.5. The quantitative estimate of drug-likeness (QED) is 0.303. The summed E-state index contributed by atoms with van der Waals surface area (Å²) in [7, 11) is 0. The lowest BCUT2D eigenvalue weighted by Gasteiger charge is -2.30. The Balaban J connectivity index is 1.34. The van der Waals surface area contributed by atoms with E-state index < -0.39 is 29.9 Å². The molecule has 10 heteroatoms. The molecule has 1 N–H and O–H groups in total. The van der Waals surface area contributed by atoms with Gasteiger partial charge in [0.2, 0.25) is 5.91 Å². The van der Waals surface area contributed by atoms with Crippen molar-refractivity contribution in [2.45, 2.75) is 25.6 Å². The fourth-order valence-corrected chi connectivity index (χ4v) is 4.80. The second kappa shape index (κ2) is 10.1. The second-order valence-electron chi connectivity index (χ2n) is 8.93. The van der Waals surface area contributed by atoms with E-state index in [1.54, 1.807) is 23.1 Å². The molecule has 1 aliphatic heterocycles. The lowest BCUT2D eigenvalue weighted by atomic mass is 9.97. The maximum Gasteiger partial charge on any atom is 0.419 e. The first kappa shape index (κ1) is 25.7. The molecular formula is C28H20ClF4N3O2. The van der Waals surface area contributed by atoms with Gasteiger partial charge in [-0.15, -0.1) is 0 Å². The monoisotopic (exact) mass is 541 g/mol. The van der Waals surface area contributed by atoms with Crippen molar-refractivity contribution in [3.05, 3.63) is 106 Å². The normalized spacial score (nSPS) is 13.3. The maximum absolute atomic E-state index is 14.4. The molecule has 5 rings (SSSR count). The number of rotatable bonds is 4. The van der Waals surface area contributed by atoms with Crippen LogP contribution >= 0.6 is 11.6 Å². The average molecular weight is 542 g/mol. The lowest BCUT2D eigenvalue weighted by Crippen LogP contribution is -2.37. The van der Waals surface area contributed by atoms with E-state index in [9.17, 15) is 27.2 Å². The van der Waals surface area contributed by atoms with Gasteiger partial charge in [0.1, 0.15) is 11.5 Å². The Morgan fingerprint density at radius 3 is 2.58 bits per heavy atom. The number of anilines is 1. The zero-order valence-corrected chi connectivity index (χ0v) is 20.5. The minimum atomic E-state index is -4.87. The number of amides is 2. The molecule has 194 valence electrons. The lowest BCUT2D eigenvalue weighted by molar-refractivity contribution is -0.140. The third-order valence-corrected chi connectivity index (χ3v) is 6.77. The number of nitrogens with one attached hydrogen (secondary N) is 1. The van der Waals surface area contributed by atoms with Gasteiger partial charge in [0.15, 0.2) is 0 Å². The Hall–Kier alpha value is -3.98. The molecule has 1 aliphatic rings. The van der Waals surface area contributed by atoms with Crippen LogP contribution in [-0.2, 0) is 30.4 Å². The molecule has 4 aromatic rings. The third-order valence-electron chi connectivity index (χ3n) is 6.46. The largest absolute Gasteiger partial charge is 0.419 e. The van der Waals surface area contributed by atoms with E-state index in [-0.39, 0.29) is 23.0 Å². The van der Waals surface area contributed by atoms with Crippen LogP contribution in [0.2, 0.25) is 5.02 Å². The smallest absolute Gasteiger partial charge is 0.333 e. The van der Waals surface area contributed by atoms with Crippen molar-refractivity contribution in [3.63, 3.8) is 0 Å². The number of hydrogen-bond acceptors (Lipinski definition) is 3. The first-order valence-corrected chi connectivity index (χ1v) is 12.1. The molecule has 0 atom stereocenters. The van der Waals surface area contributed by atoms with Crippen LogP contribution in [0.3, 0.4) is 0 Å². The Morgan fingerprint density at radius 2 is 1.79 bits per heavy atom. The summed E-state index contributed by atoms with van der Waals surface area (Å²) in [5, 5.41) is 3.79. The van der Waals surface area contributed by atoms with Crippen LogP contribution in [-0.4, -0.2) is 28.2 Å². The number of carbonyl (C=O) groups is 2. The Morgan fingerprint density at radius 1 is 1.00 bits per heavy atom. The molecule has 0 bridgehead atoms. The number of nitrogens with zero attached hydrogens (tertiary/aromatic N) is 2. The summed E-state index contributed by atoms with van der Waals surface area (Å²) in [4.78, 5) is 32.0. The molecule has 1 aromatic heterocycles. The second-order valence-corrected chi connectivity index (χ2v) is 9.33. The highest BCUT2D eigenvalue weighted by molar-refractivity contribution is 6.34. The van der Waals surface area contributed by atoms with Crippen molar-refractivity contribution in [2.75, 3.05) is 11.9 Å². The molecule has 0 fully saturated rings. The number of halogens is 5. The van der Waals surface area contributed by atoms with Gasteiger partial charge in [0.05, 0.1) is 28.2 Å². The van der Waals surface area contributed by atoms with Crippen molar-refractivity contribution >= 4 is 40.0 Å². The number of carbonyl (C=O) groups excluding carboxylic acids is 2. The molecule has 0 aliphatic carbocycles. The summed E-state index contributed by atoms with van der Waals surface area (Å²) >= 11 is 6.35. The molecule has 0 radical (unpaired) electrons. The number of para-hydroxylation sites is 1. The van der Waals surface area contributed by atoms with Gasteiger partial charge >= 0.3 is 6.18 Å². The third kappa shape index (κ3) is 5.06. The summed E-state index contributed by atoms with van der Waals surface area (Å²) < 4.78 is 53.5. The van der Waals surface area contributed by atoms with Crippen LogP contribution in [0, 0.1) is 5.82 Å². The highest BCUT2D eigenvalue weighted by Crippen LogP contribution is 2.35. The van der Waals surface area contributed by atoms with Crippen LogP contribution in [0.5, 0.6) is 0 Å². The summed E-state index contributed by atoms with van der Waals surface area (Å²) in [6.07, 6.45) is -5.10. The number of hydrogen-bond donors (Lipinski definition) is 1. The van der Waals surface area contributed by atoms with Crippen molar-refractivity contribution in [1.82, 2.24) is 9.88 Å². The molecule has 3 aromatic carbocycles. The minimum Gasteiger partial charge on any atom is -0.333 e. The van der Waals surface area contributed by atoms with E-state index in [1.165, 1.54) is 0 Å². The minimum absolute atomic E-state index is 0.234. The SMILES string of the molecule is O=C(Cc1cccc(C(F)(F)F)c1F)Nc1c(Cl)ccc2c1CCN(C(=O)c1ccc3ccccc3n1)C2. The van der Waals surface area contributed by atoms with Gasteiger partial charge < -0.3 is 10.2 Å². The zero-order valence-electron chi connectivity index (χ0n) is 19.8. The van der Waals surface area contributed by atoms with E-state index in [1.807, 2.05) is 30.3 Å². The van der Waals surface area contributed by atoms with Crippen molar-refractivity contribution in [1.29, 1.82) is 0 Å². The Bertz CT molecular complexity index is 1570. The van der Waals surface area contributed by atoms with Crippen molar-refractivity contribution in [2.24, 2.45) is 0 Å². The van der Waals surface area contributed by atoms with Crippen LogP contribution in [0.4, 0.5) is 23.2 Å².